The van der Waals surface area contributed by atoms with E-state index in [0.29, 0.717) is 18.1 Å². The van der Waals surface area contributed by atoms with Gasteiger partial charge in [-0.1, -0.05) is 38.1 Å². The topological polar surface area (TPSA) is 42.5 Å². The third-order valence-electron chi connectivity index (χ3n) is 5.64. The lowest BCUT2D eigenvalue weighted by molar-refractivity contribution is 0.0850. The molecule has 0 aliphatic heterocycles. The molecule has 0 radical (unpaired) electrons. The van der Waals surface area contributed by atoms with Gasteiger partial charge in [0.25, 0.3) is 0 Å². The Bertz CT molecular complexity index is 771. The number of nitrogens with one attached hydrogen (secondary N) is 2. The fourth-order valence-electron chi connectivity index (χ4n) is 3.76. The van der Waals surface area contributed by atoms with Crippen molar-refractivity contribution in [1.29, 1.82) is 0 Å². The molecular weight excluding hydrogens is 372 g/mol. The van der Waals surface area contributed by atoms with E-state index in [4.69, 9.17) is 9.47 Å². The van der Waals surface area contributed by atoms with Gasteiger partial charge in [0.05, 0.1) is 0 Å². The van der Waals surface area contributed by atoms with Gasteiger partial charge in [-0.05, 0) is 87.5 Å². The molecule has 0 heterocycles. The molecule has 1 fully saturated rings. The second kappa shape index (κ2) is 11.4. The summed E-state index contributed by atoms with van der Waals surface area (Å²) in [6.45, 7) is 11.5. The fraction of sp³-hybridized carbons (Fsp3) is 0.538. The molecule has 30 heavy (non-hydrogen) atoms. The largest absolute Gasteiger partial charge is 0.490 e. The third-order valence-corrected chi connectivity index (χ3v) is 5.64. The van der Waals surface area contributed by atoms with Crippen molar-refractivity contribution in [2.24, 2.45) is 0 Å². The van der Waals surface area contributed by atoms with Crippen LogP contribution in [0.25, 0.3) is 0 Å². The van der Waals surface area contributed by atoms with Crippen molar-refractivity contribution < 1.29 is 9.47 Å². The number of aryl methyl sites for hydroxylation is 1. The Morgan fingerprint density at radius 3 is 2.50 bits per heavy atom. The van der Waals surface area contributed by atoms with Crippen molar-refractivity contribution >= 4 is 0 Å². The van der Waals surface area contributed by atoms with Crippen LogP contribution in [-0.4, -0.2) is 37.9 Å². The van der Waals surface area contributed by atoms with Crippen molar-refractivity contribution in [1.82, 2.24) is 10.6 Å². The highest BCUT2D eigenvalue weighted by Gasteiger charge is 2.30. The minimum absolute atomic E-state index is 0.159. The molecule has 0 amide bonds. The molecular formula is C26H38N2O2. The van der Waals surface area contributed by atoms with Crippen LogP contribution in [-0.2, 0) is 0 Å². The highest BCUT2D eigenvalue weighted by atomic mass is 16.5. The molecule has 1 saturated carbocycles. The van der Waals surface area contributed by atoms with Gasteiger partial charge in [-0.3, -0.25) is 0 Å². The maximum atomic E-state index is 6.05. The quantitative estimate of drug-likeness (QED) is 0.480. The Hall–Kier alpha value is -2.04. The predicted molar refractivity (Wildman–Crippen MR) is 125 cm³/mol. The molecule has 0 bridgehead atoms. The number of rotatable bonds is 12. The van der Waals surface area contributed by atoms with Crippen molar-refractivity contribution in [3.05, 3.63) is 59.7 Å². The first-order valence-corrected chi connectivity index (χ1v) is 11.4. The molecule has 4 nitrogen and oxygen atoms in total. The van der Waals surface area contributed by atoms with Gasteiger partial charge < -0.3 is 20.1 Å². The average molecular weight is 411 g/mol. The van der Waals surface area contributed by atoms with Crippen molar-refractivity contribution in [2.45, 2.75) is 71.1 Å². The van der Waals surface area contributed by atoms with E-state index in [1.54, 1.807) is 0 Å². The Morgan fingerprint density at radius 1 is 0.967 bits per heavy atom. The number of hydrogen-bond acceptors (Lipinski definition) is 4. The molecule has 1 atom stereocenters. The van der Waals surface area contributed by atoms with Crippen LogP contribution in [0.1, 0.15) is 57.1 Å². The van der Waals surface area contributed by atoms with E-state index >= 15 is 0 Å². The summed E-state index contributed by atoms with van der Waals surface area (Å²) in [5.41, 5.74) is 2.57. The summed E-state index contributed by atoms with van der Waals surface area (Å²) in [5, 5.41) is 7.15. The van der Waals surface area contributed by atoms with Gasteiger partial charge in [0.15, 0.2) is 0 Å². The van der Waals surface area contributed by atoms with Crippen LogP contribution in [0.4, 0.5) is 0 Å². The monoisotopic (exact) mass is 410 g/mol. The summed E-state index contributed by atoms with van der Waals surface area (Å²) in [5.74, 6) is 2.48. The van der Waals surface area contributed by atoms with Gasteiger partial charge in [-0.15, -0.1) is 0 Å². The maximum Gasteiger partial charge on any atom is 0.120 e. The van der Waals surface area contributed by atoms with Gasteiger partial charge in [0.1, 0.15) is 23.7 Å². The molecule has 164 valence electrons. The first kappa shape index (κ1) is 22.6. The van der Waals surface area contributed by atoms with E-state index in [9.17, 15) is 0 Å². The smallest absolute Gasteiger partial charge is 0.120 e. The SMILES string of the molecule is Cc1cccc(OC2CC(NCCCNC[C@H](C)Oc3cccc(C(C)C)c3)C2)c1. The normalized spacial score (nSPS) is 19.4. The first-order chi connectivity index (χ1) is 14.5. The molecule has 0 unspecified atom stereocenters. The van der Waals surface area contributed by atoms with Gasteiger partial charge >= 0.3 is 0 Å². The summed E-state index contributed by atoms with van der Waals surface area (Å²) in [4.78, 5) is 0. The lowest BCUT2D eigenvalue weighted by Gasteiger charge is -2.36. The number of ether oxygens (including phenoxy) is 2. The summed E-state index contributed by atoms with van der Waals surface area (Å²) in [7, 11) is 0. The fourth-order valence-corrected chi connectivity index (χ4v) is 3.76. The molecule has 4 heteroatoms. The van der Waals surface area contributed by atoms with E-state index in [-0.39, 0.29) is 6.10 Å². The lowest BCUT2D eigenvalue weighted by atomic mass is 9.89. The summed E-state index contributed by atoms with van der Waals surface area (Å²) >= 11 is 0. The summed E-state index contributed by atoms with van der Waals surface area (Å²) < 4.78 is 12.1. The predicted octanol–water partition coefficient (Wildman–Crippen LogP) is 5.07. The molecule has 3 rings (SSSR count). The molecule has 2 N–H and O–H groups in total. The Morgan fingerprint density at radius 2 is 1.73 bits per heavy atom. The van der Waals surface area contributed by atoms with E-state index in [2.05, 4.69) is 74.7 Å². The summed E-state index contributed by atoms with van der Waals surface area (Å²) in [6.07, 6.45) is 3.83. The molecule has 0 saturated heterocycles. The first-order valence-electron chi connectivity index (χ1n) is 11.4. The van der Waals surface area contributed by atoms with E-state index in [1.165, 1.54) is 11.1 Å². The van der Waals surface area contributed by atoms with Crippen LogP contribution in [0.5, 0.6) is 11.5 Å². The Kier molecular flexibility index (Phi) is 8.59. The zero-order chi connectivity index (χ0) is 21.3. The standard InChI is InChI=1S/C26H38N2O2/c1-19(2)22-9-6-11-25(15-22)29-21(4)18-27-12-7-13-28-23-16-26(17-23)30-24-10-5-8-20(3)14-24/h5-6,8-11,14-15,19,21,23,26-28H,7,12-13,16-18H2,1-4H3/t21-,23?,26?/m0/s1. The van der Waals surface area contributed by atoms with Crippen molar-refractivity contribution in [3.63, 3.8) is 0 Å². The van der Waals surface area contributed by atoms with Crippen LogP contribution in [0.2, 0.25) is 0 Å². The molecule has 1 aliphatic rings. The second-order valence-corrected chi connectivity index (χ2v) is 8.89. The lowest BCUT2D eigenvalue weighted by Crippen LogP contribution is -2.47. The highest BCUT2D eigenvalue weighted by molar-refractivity contribution is 5.30. The van der Waals surface area contributed by atoms with Crippen LogP contribution in [0.3, 0.4) is 0 Å². The summed E-state index contributed by atoms with van der Waals surface area (Å²) in [6, 6.07) is 17.3. The Balaban J connectivity index is 1.21. The molecule has 0 aromatic heterocycles. The maximum absolute atomic E-state index is 6.05. The van der Waals surface area contributed by atoms with Gasteiger partial charge in [-0.2, -0.15) is 0 Å². The van der Waals surface area contributed by atoms with Crippen molar-refractivity contribution in [2.75, 3.05) is 19.6 Å². The van der Waals surface area contributed by atoms with E-state index in [1.807, 2.05) is 12.1 Å². The molecule has 2 aromatic rings. The minimum Gasteiger partial charge on any atom is -0.490 e. The molecule has 0 spiro atoms. The van der Waals surface area contributed by atoms with Crippen LogP contribution in [0.15, 0.2) is 48.5 Å². The second-order valence-electron chi connectivity index (χ2n) is 8.89. The third kappa shape index (κ3) is 7.33. The van der Waals surface area contributed by atoms with Gasteiger partial charge in [0, 0.05) is 12.6 Å². The van der Waals surface area contributed by atoms with Gasteiger partial charge in [-0.25, -0.2) is 0 Å². The van der Waals surface area contributed by atoms with E-state index in [0.717, 1.165) is 50.4 Å². The highest BCUT2D eigenvalue weighted by Crippen LogP contribution is 2.26. The van der Waals surface area contributed by atoms with Gasteiger partial charge in [0.2, 0.25) is 0 Å². The number of hydrogen-bond donors (Lipinski definition) is 2. The van der Waals surface area contributed by atoms with Crippen molar-refractivity contribution in [3.8, 4) is 11.5 Å². The minimum atomic E-state index is 0.159. The Labute approximate surface area is 182 Å². The van der Waals surface area contributed by atoms with Crippen LogP contribution in [0, 0.1) is 6.92 Å². The van der Waals surface area contributed by atoms with Crippen LogP contribution < -0.4 is 20.1 Å². The average Bonchev–Trinajstić information content (AvgIpc) is 2.68. The van der Waals surface area contributed by atoms with E-state index < -0.39 is 0 Å². The molecule has 2 aromatic carbocycles. The zero-order valence-corrected chi connectivity index (χ0v) is 19.0. The number of benzene rings is 2. The van der Waals surface area contributed by atoms with Crippen LogP contribution >= 0.6 is 0 Å². The molecule has 1 aliphatic carbocycles. The zero-order valence-electron chi connectivity index (χ0n) is 19.0.